The minimum Gasteiger partial charge on any atom is -0.480 e. The Hall–Kier alpha value is -2.98. The van der Waals surface area contributed by atoms with Gasteiger partial charge in [-0.3, -0.25) is 19.2 Å². The van der Waals surface area contributed by atoms with Crippen LogP contribution >= 0.6 is 0 Å². The van der Waals surface area contributed by atoms with Gasteiger partial charge in [-0.2, -0.15) is 0 Å². The van der Waals surface area contributed by atoms with Gasteiger partial charge in [-0.1, -0.05) is 44.2 Å². The lowest BCUT2D eigenvalue weighted by Gasteiger charge is -2.22. The highest BCUT2D eigenvalue weighted by molar-refractivity contribution is 5.91. The first kappa shape index (κ1) is 28.1. The van der Waals surface area contributed by atoms with Crippen LogP contribution in [0, 0.1) is 5.92 Å². The summed E-state index contributed by atoms with van der Waals surface area (Å²) in [5, 5.41) is 17.0. The first-order valence-corrected chi connectivity index (χ1v) is 11.2. The summed E-state index contributed by atoms with van der Waals surface area (Å²) in [6.45, 7) is 6.21. The maximum Gasteiger partial charge on any atom is 0.325 e. The van der Waals surface area contributed by atoms with Crippen molar-refractivity contribution >= 4 is 23.7 Å². The predicted octanol–water partition coefficient (Wildman–Crippen LogP) is -0.0997. The van der Waals surface area contributed by atoms with Crippen LogP contribution in [0.2, 0.25) is 0 Å². The summed E-state index contributed by atoms with van der Waals surface area (Å²) in [5.74, 6) is -2.09. The van der Waals surface area contributed by atoms with E-state index in [2.05, 4.69) is 16.0 Å². The number of amides is 3. The number of aliphatic carboxylic acids is 1. The molecule has 184 valence electrons. The van der Waals surface area contributed by atoms with E-state index in [0.717, 1.165) is 24.9 Å². The molecule has 1 aromatic carbocycles. The molecule has 1 saturated heterocycles. The van der Waals surface area contributed by atoms with Crippen molar-refractivity contribution in [2.75, 3.05) is 6.54 Å². The normalized spacial score (nSPS) is 17.8. The van der Waals surface area contributed by atoms with Gasteiger partial charge in [-0.05, 0) is 44.2 Å². The Bertz CT molecular complexity index is 781. The van der Waals surface area contributed by atoms with E-state index in [1.165, 1.54) is 6.92 Å². The minimum absolute atomic E-state index is 0.0463. The second kappa shape index (κ2) is 14.2. The number of carboxylic acids is 1. The van der Waals surface area contributed by atoms with Crippen LogP contribution in [0.3, 0.4) is 0 Å². The van der Waals surface area contributed by atoms with Crippen molar-refractivity contribution in [2.45, 2.75) is 70.6 Å². The lowest BCUT2D eigenvalue weighted by atomic mass is 10.0. The smallest absolute Gasteiger partial charge is 0.325 e. The summed E-state index contributed by atoms with van der Waals surface area (Å²) < 4.78 is 0. The molecule has 0 spiro atoms. The fourth-order valence-electron chi connectivity index (χ4n) is 3.26. The molecule has 3 amide bonds. The number of hydrogen-bond donors (Lipinski definition) is 6. The minimum atomic E-state index is -1.14. The molecule has 1 aliphatic heterocycles. The molecule has 0 unspecified atom stereocenters. The van der Waals surface area contributed by atoms with Gasteiger partial charge in [0.1, 0.15) is 12.1 Å². The molecule has 0 saturated carbocycles. The maximum absolute atomic E-state index is 12.4. The number of rotatable bonds is 10. The molecule has 1 aromatic rings. The molecule has 10 heteroatoms. The van der Waals surface area contributed by atoms with Gasteiger partial charge in [0.2, 0.25) is 17.7 Å². The number of carbonyl (C=O) groups excluding carboxylic acids is 3. The fourth-order valence-corrected chi connectivity index (χ4v) is 3.26. The summed E-state index contributed by atoms with van der Waals surface area (Å²) in [6, 6.07) is 6.47. The van der Waals surface area contributed by atoms with Gasteiger partial charge in [0, 0.05) is 6.42 Å². The van der Waals surface area contributed by atoms with E-state index in [4.69, 9.17) is 16.6 Å². The van der Waals surface area contributed by atoms with Crippen LogP contribution in [0.15, 0.2) is 30.3 Å². The molecule has 0 bridgehead atoms. The zero-order valence-electron chi connectivity index (χ0n) is 19.5. The summed E-state index contributed by atoms with van der Waals surface area (Å²) in [5.41, 5.74) is 11.7. The Morgan fingerprint density at radius 3 is 2.18 bits per heavy atom. The molecule has 8 N–H and O–H groups in total. The highest BCUT2D eigenvalue weighted by atomic mass is 16.4. The average Bonchev–Trinajstić information content (AvgIpc) is 3.29. The second-order valence-corrected chi connectivity index (χ2v) is 8.61. The number of nitrogens with one attached hydrogen (secondary N) is 3. The van der Waals surface area contributed by atoms with Crippen molar-refractivity contribution in [3.8, 4) is 0 Å². The van der Waals surface area contributed by atoms with Crippen molar-refractivity contribution in [2.24, 2.45) is 17.4 Å². The van der Waals surface area contributed by atoms with E-state index >= 15 is 0 Å². The number of benzene rings is 1. The quantitative estimate of drug-likeness (QED) is 0.280. The first-order chi connectivity index (χ1) is 15.5. The maximum atomic E-state index is 12.4. The highest BCUT2D eigenvalue weighted by Gasteiger charge is 2.26. The lowest BCUT2D eigenvalue weighted by Crippen LogP contribution is -2.54. The summed E-state index contributed by atoms with van der Waals surface area (Å²) in [7, 11) is 0. The van der Waals surface area contributed by atoms with E-state index < -0.39 is 35.9 Å². The number of hydrogen-bond acceptors (Lipinski definition) is 6. The van der Waals surface area contributed by atoms with Crippen molar-refractivity contribution < 1.29 is 24.3 Å². The van der Waals surface area contributed by atoms with Crippen LogP contribution in [-0.4, -0.2) is 59.5 Å². The SMILES string of the molecule is CC(C)C[C@H](N)C(=O)N[C@@H](Cc1ccccc1)C(=O)N[C@@H](C)C(=O)O.NC(=O)[C@@H]1CCCN1. The van der Waals surface area contributed by atoms with Gasteiger partial charge in [0.05, 0.1) is 12.1 Å². The molecule has 4 atom stereocenters. The van der Waals surface area contributed by atoms with Crippen molar-refractivity contribution in [1.29, 1.82) is 0 Å². The third kappa shape index (κ3) is 10.9. The Labute approximate surface area is 194 Å². The van der Waals surface area contributed by atoms with Crippen LogP contribution in [0.4, 0.5) is 0 Å². The summed E-state index contributed by atoms with van der Waals surface area (Å²) >= 11 is 0. The van der Waals surface area contributed by atoms with E-state index in [9.17, 15) is 19.2 Å². The monoisotopic (exact) mass is 463 g/mol. The zero-order valence-corrected chi connectivity index (χ0v) is 19.5. The molecule has 0 aromatic heterocycles. The third-order valence-electron chi connectivity index (χ3n) is 5.11. The van der Waals surface area contributed by atoms with E-state index in [1.54, 1.807) is 0 Å². The first-order valence-electron chi connectivity index (χ1n) is 11.2. The van der Waals surface area contributed by atoms with Gasteiger partial charge >= 0.3 is 5.97 Å². The molecule has 0 aliphatic carbocycles. The predicted molar refractivity (Wildman–Crippen MR) is 125 cm³/mol. The Morgan fingerprint density at radius 1 is 1.09 bits per heavy atom. The second-order valence-electron chi connectivity index (χ2n) is 8.61. The summed E-state index contributed by atoms with van der Waals surface area (Å²) in [4.78, 5) is 46.0. The van der Waals surface area contributed by atoms with Gasteiger partial charge in [0.15, 0.2) is 0 Å². The Kier molecular flexibility index (Phi) is 12.1. The number of carboxylic acid groups (broad SMARTS) is 1. The van der Waals surface area contributed by atoms with Crippen molar-refractivity contribution in [1.82, 2.24) is 16.0 Å². The molecular formula is C23H37N5O5. The summed E-state index contributed by atoms with van der Waals surface area (Å²) in [6.07, 6.45) is 2.74. The topological polar surface area (TPSA) is 177 Å². The Balaban J connectivity index is 0.000000568. The zero-order chi connectivity index (χ0) is 25.0. The molecule has 1 fully saturated rings. The van der Waals surface area contributed by atoms with Crippen LogP contribution in [0.25, 0.3) is 0 Å². The van der Waals surface area contributed by atoms with Gasteiger partial charge in [-0.15, -0.1) is 0 Å². The highest BCUT2D eigenvalue weighted by Crippen LogP contribution is 2.07. The molecule has 2 rings (SSSR count). The van der Waals surface area contributed by atoms with Crippen LogP contribution in [-0.2, 0) is 25.6 Å². The average molecular weight is 464 g/mol. The third-order valence-corrected chi connectivity index (χ3v) is 5.11. The lowest BCUT2D eigenvalue weighted by molar-refractivity contribution is -0.141. The molecule has 10 nitrogen and oxygen atoms in total. The molecular weight excluding hydrogens is 426 g/mol. The molecule has 33 heavy (non-hydrogen) atoms. The fraction of sp³-hybridized carbons (Fsp3) is 0.565. The van der Waals surface area contributed by atoms with E-state index in [0.29, 0.717) is 6.42 Å². The van der Waals surface area contributed by atoms with Gasteiger partial charge < -0.3 is 32.5 Å². The van der Waals surface area contributed by atoms with Crippen molar-refractivity contribution in [3.05, 3.63) is 35.9 Å². The van der Waals surface area contributed by atoms with Crippen LogP contribution in [0.5, 0.6) is 0 Å². The number of primary amides is 1. The molecule has 1 aliphatic rings. The van der Waals surface area contributed by atoms with Gasteiger partial charge in [0.25, 0.3) is 0 Å². The van der Waals surface area contributed by atoms with E-state index in [1.807, 2.05) is 44.2 Å². The molecule has 1 heterocycles. The number of carbonyl (C=O) groups is 4. The van der Waals surface area contributed by atoms with Crippen LogP contribution in [0.1, 0.15) is 45.6 Å². The van der Waals surface area contributed by atoms with Gasteiger partial charge in [-0.25, -0.2) is 0 Å². The standard InChI is InChI=1S/C18H27N3O4.C5H10N2O/c1-11(2)9-14(19)16(22)21-15(10-13-7-5-4-6-8-13)17(23)20-12(3)18(24)25;6-5(8)4-2-1-3-7-4/h4-8,11-12,14-15H,9-10,19H2,1-3H3,(H,20,23)(H,21,22)(H,24,25);4,7H,1-3H2,(H2,6,8)/t12-,14-,15-;4-/m00/s1. The Morgan fingerprint density at radius 2 is 1.73 bits per heavy atom. The number of nitrogens with two attached hydrogens (primary N) is 2. The van der Waals surface area contributed by atoms with Crippen molar-refractivity contribution in [3.63, 3.8) is 0 Å². The van der Waals surface area contributed by atoms with Crippen LogP contribution < -0.4 is 27.4 Å². The van der Waals surface area contributed by atoms with E-state index in [-0.39, 0.29) is 24.3 Å². The molecule has 0 radical (unpaired) electrons. The largest absolute Gasteiger partial charge is 0.480 e.